The van der Waals surface area contributed by atoms with Gasteiger partial charge in [-0.15, -0.1) is 0 Å². The Kier molecular flexibility index (Phi) is 2.21. The van der Waals surface area contributed by atoms with Crippen molar-refractivity contribution in [1.29, 1.82) is 0 Å². The molecule has 1 aromatic rings. The van der Waals surface area contributed by atoms with Crippen LogP contribution < -0.4 is 5.73 Å². The largest absolute Gasteiger partial charge is 0.467 e. The van der Waals surface area contributed by atoms with Crippen LogP contribution in [0.15, 0.2) is 21.2 Å². The Morgan fingerprint density at radius 2 is 2.42 bits per heavy atom. The van der Waals surface area contributed by atoms with E-state index >= 15 is 0 Å². The Bertz CT molecular complexity index is 268. The topological polar surface area (TPSA) is 42.4 Å². The van der Waals surface area contributed by atoms with E-state index in [1.807, 2.05) is 6.07 Å². The lowest BCUT2D eigenvalue weighted by atomic mass is 10.1. The van der Waals surface area contributed by atoms with Gasteiger partial charge in [0.2, 0.25) is 0 Å². The van der Waals surface area contributed by atoms with Crippen molar-refractivity contribution in [2.24, 2.45) is 5.73 Å². The van der Waals surface area contributed by atoms with Crippen molar-refractivity contribution in [1.82, 2.24) is 4.90 Å². The van der Waals surface area contributed by atoms with E-state index in [2.05, 4.69) is 20.8 Å². The lowest BCUT2D eigenvalue weighted by Gasteiger charge is -2.36. The summed E-state index contributed by atoms with van der Waals surface area (Å²) in [4.78, 5) is 2.26. The average Bonchev–Trinajstić information content (AvgIpc) is 2.33. The van der Waals surface area contributed by atoms with Crippen molar-refractivity contribution in [2.75, 3.05) is 13.1 Å². The van der Waals surface area contributed by atoms with Crippen LogP contribution in [0.2, 0.25) is 0 Å². The summed E-state index contributed by atoms with van der Waals surface area (Å²) in [5, 5.41) is 0. The Balaban J connectivity index is 1.92. The molecule has 1 saturated heterocycles. The van der Waals surface area contributed by atoms with Crippen LogP contribution in [0.5, 0.6) is 0 Å². The van der Waals surface area contributed by atoms with Gasteiger partial charge in [0, 0.05) is 19.1 Å². The summed E-state index contributed by atoms with van der Waals surface area (Å²) >= 11 is 3.41. The molecular weight excluding hydrogens is 220 g/mol. The molecule has 66 valence electrons. The second-order valence-corrected chi connectivity index (χ2v) is 4.00. The molecule has 2 heterocycles. The van der Waals surface area contributed by atoms with Crippen LogP contribution >= 0.6 is 15.9 Å². The zero-order valence-corrected chi connectivity index (χ0v) is 8.25. The smallest absolute Gasteiger partial charge is 0.131 e. The summed E-state index contributed by atoms with van der Waals surface area (Å²) in [5.41, 5.74) is 5.65. The number of likely N-dealkylation sites (tertiary alicyclic amines) is 1. The predicted molar refractivity (Wildman–Crippen MR) is 49.7 cm³/mol. The molecule has 3 nitrogen and oxygen atoms in total. The van der Waals surface area contributed by atoms with Gasteiger partial charge < -0.3 is 10.2 Å². The SMILES string of the molecule is NC1CN(Cc2occc2Br)C1. The predicted octanol–water partition coefficient (Wildman–Crippen LogP) is 1.18. The van der Waals surface area contributed by atoms with E-state index in [9.17, 15) is 0 Å². The molecular formula is C8H11BrN2O. The van der Waals surface area contributed by atoms with Gasteiger partial charge in [0.25, 0.3) is 0 Å². The minimum absolute atomic E-state index is 0.360. The molecule has 0 spiro atoms. The summed E-state index contributed by atoms with van der Waals surface area (Å²) in [6.07, 6.45) is 1.69. The molecule has 0 atom stereocenters. The Morgan fingerprint density at radius 3 is 2.92 bits per heavy atom. The van der Waals surface area contributed by atoms with E-state index in [0.29, 0.717) is 6.04 Å². The molecule has 0 unspecified atom stereocenters. The normalized spacial score (nSPS) is 19.5. The second-order valence-electron chi connectivity index (χ2n) is 3.15. The van der Waals surface area contributed by atoms with Crippen molar-refractivity contribution in [3.8, 4) is 0 Å². The van der Waals surface area contributed by atoms with Gasteiger partial charge in [0.05, 0.1) is 17.3 Å². The van der Waals surface area contributed by atoms with Crippen molar-refractivity contribution < 1.29 is 4.42 Å². The highest BCUT2D eigenvalue weighted by Gasteiger charge is 2.24. The van der Waals surface area contributed by atoms with Gasteiger partial charge >= 0.3 is 0 Å². The van der Waals surface area contributed by atoms with E-state index < -0.39 is 0 Å². The fourth-order valence-corrected chi connectivity index (χ4v) is 1.71. The van der Waals surface area contributed by atoms with Gasteiger partial charge in [-0.2, -0.15) is 0 Å². The number of nitrogens with zero attached hydrogens (tertiary/aromatic N) is 1. The molecule has 1 aliphatic rings. The number of nitrogens with two attached hydrogens (primary N) is 1. The first-order valence-electron chi connectivity index (χ1n) is 3.95. The molecule has 0 aromatic carbocycles. The maximum absolute atomic E-state index is 5.65. The molecule has 0 amide bonds. The summed E-state index contributed by atoms with van der Waals surface area (Å²) < 4.78 is 6.32. The Labute approximate surface area is 79.6 Å². The molecule has 1 fully saturated rings. The first-order chi connectivity index (χ1) is 5.75. The first kappa shape index (κ1) is 8.29. The Hall–Kier alpha value is -0.320. The number of halogens is 1. The highest BCUT2D eigenvalue weighted by molar-refractivity contribution is 9.10. The van der Waals surface area contributed by atoms with Crippen LogP contribution in [0, 0.1) is 0 Å². The molecule has 0 bridgehead atoms. The van der Waals surface area contributed by atoms with Gasteiger partial charge in [-0.25, -0.2) is 0 Å². The summed E-state index contributed by atoms with van der Waals surface area (Å²) in [7, 11) is 0. The van der Waals surface area contributed by atoms with Crippen molar-refractivity contribution in [3.63, 3.8) is 0 Å². The van der Waals surface area contributed by atoms with E-state index in [0.717, 1.165) is 29.9 Å². The Morgan fingerprint density at radius 1 is 1.67 bits per heavy atom. The lowest BCUT2D eigenvalue weighted by molar-refractivity contribution is 0.131. The van der Waals surface area contributed by atoms with Gasteiger partial charge in [-0.1, -0.05) is 0 Å². The van der Waals surface area contributed by atoms with Crippen LogP contribution in [0.1, 0.15) is 5.76 Å². The zero-order valence-electron chi connectivity index (χ0n) is 6.66. The summed E-state index contributed by atoms with van der Waals surface area (Å²) in [5.74, 6) is 0.988. The molecule has 0 radical (unpaired) electrons. The standard InChI is InChI=1S/C8H11BrN2O/c9-7-1-2-12-8(7)5-11-3-6(10)4-11/h1-2,6H,3-5,10H2. The highest BCUT2D eigenvalue weighted by Crippen LogP contribution is 2.21. The minimum Gasteiger partial charge on any atom is -0.467 e. The van der Waals surface area contributed by atoms with Crippen LogP contribution in [-0.2, 0) is 6.54 Å². The van der Waals surface area contributed by atoms with Crippen molar-refractivity contribution in [3.05, 3.63) is 22.6 Å². The van der Waals surface area contributed by atoms with Crippen molar-refractivity contribution in [2.45, 2.75) is 12.6 Å². The molecule has 2 rings (SSSR count). The van der Waals surface area contributed by atoms with Crippen LogP contribution in [-0.4, -0.2) is 24.0 Å². The van der Waals surface area contributed by atoms with Crippen LogP contribution in [0.25, 0.3) is 0 Å². The maximum Gasteiger partial charge on any atom is 0.131 e. The van der Waals surface area contributed by atoms with Gasteiger partial charge in [-0.3, -0.25) is 4.90 Å². The number of furan rings is 1. The number of rotatable bonds is 2. The number of hydrogen-bond donors (Lipinski definition) is 1. The monoisotopic (exact) mass is 230 g/mol. The molecule has 2 N–H and O–H groups in total. The number of hydrogen-bond acceptors (Lipinski definition) is 3. The third kappa shape index (κ3) is 1.55. The van der Waals surface area contributed by atoms with Crippen LogP contribution in [0.4, 0.5) is 0 Å². The summed E-state index contributed by atoms with van der Waals surface area (Å²) in [6.45, 7) is 2.82. The highest BCUT2D eigenvalue weighted by atomic mass is 79.9. The zero-order chi connectivity index (χ0) is 8.55. The van der Waals surface area contributed by atoms with E-state index in [1.54, 1.807) is 6.26 Å². The quantitative estimate of drug-likeness (QED) is 0.831. The third-order valence-corrected chi connectivity index (χ3v) is 2.75. The van der Waals surface area contributed by atoms with E-state index in [1.165, 1.54) is 0 Å². The van der Waals surface area contributed by atoms with Gasteiger partial charge in [0.15, 0.2) is 0 Å². The molecule has 12 heavy (non-hydrogen) atoms. The van der Waals surface area contributed by atoms with Gasteiger partial charge in [0.1, 0.15) is 5.76 Å². The third-order valence-electron chi connectivity index (χ3n) is 2.04. The fraction of sp³-hybridized carbons (Fsp3) is 0.500. The lowest BCUT2D eigenvalue weighted by Crippen LogP contribution is -2.54. The molecule has 0 aliphatic carbocycles. The van der Waals surface area contributed by atoms with Gasteiger partial charge in [-0.05, 0) is 22.0 Å². The first-order valence-corrected chi connectivity index (χ1v) is 4.75. The second kappa shape index (κ2) is 3.20. The average molecular weight is 231 g/mol. The van der Waals surface area contributed by atoms with Crippen molar-refractivity contribution >= 4 is 15.9 Å². The maximum atomic E-state index is 5.65. The van der Waals surface area contributed by atoms with Crippen LogP contribution in [0.3, 0.4) is 0 Å². The minimum atomic E-state index is 0.360. The van der Waals surface area contributed by atoms with E-state index in [4.69, 9.17) is 10.2 Å². The molecule has 1 aliphatic heterocycles. The molecule has 0 saturated carbocycles. The fourth-order valence-electron chi connectivity index (χ4n) is 1.38. The molecule has 4 heteroatoms. The molecule has 1 aromatic heterocycles. The van der Waals surface area contributed by atoms with E-state index in [-0.39, 0.29) is 0 Å². The summed E-state index contributed by atoms with van der Waals surface area (Å²) in [6, 6.07) is 2.27.